The van der Waals surface area contributed by atoms with Crippen LogP contribution in [-0.2, 0) is 6.54 Å². The summed E-state index contributed by atoms with van der Waals surface area (Å²) in [5.41, 5.74) is 12.1. The summed E-state index contributed by atoms with van der Waals surface area (Å²) in [4.78, 5) is 0. The zero-order valence-corrected chi connectivity index (χ0v) is 12.9. The molecule has 2 N–H and O–H groups in total. The molecule has 0 saturated heterocycles. The summed E-state index contributed by atoms with van der Waals surface area (Å²) in [5.74, 6) is 0. The summed E-state index contributed by atoms with van der Waals surface area (Å²) < 4.78 is 4.20. The van der Waals surface area contributed by atoms with Crippen molar-refractivity contribution in [3.05, 3.63) is 64.8 Å². The molecule has 2 heterocycles. The standard InChI is InChI=1S/C17H15ClN4/c1-11-8-17-21(10-12-2-4-13(18)5-3-12)16-9-14(19)6-7-15(16)22(17)20-11/h2-9H,10,19H2,1H3. The van der Waals surface area contributed by atoms with Crippen LogP contribution in [0.4, 0.5) is 5.69 Å². The third-order valence-electron chi connectivity index (χ3n) is 3.86. The molecule has 4 aromatic rings. The summed E-state index contributed by atoms with van der Waals surface area (Å²) in [5, 5.41) is 5.33. The molecular weight excluding hydrogens is 296 g/mol. The lowest BCUT2D eigenvalue weighted by Crippen LogP contribution is -1.99. The van der Waals surface area contributed by atoms with Gasteiger partial charge in [0.2, 0.25) is 0 Å². The van der Waals surface area contributed by atoms with Gasteiger partial charge in [-0.05, 0) is 42.8 Å². The lowest BCUT2D eigenvalue weighted by molar-refractivity contribution is 0.848. The van der Waals surface area contributed by atoms with Crippen molar-refractivity contribution < 1.29 is 0 Å². The second kappa shape index (κ2) is 4.78. The summed E-state index contributed by atoms with van der Waals surface area (Å²) in [6.07, 6.45) is 0. The molecule has 0 fully saturated rings. The van der Waals surface area contributed by atoms with E-state index in [9.17, 15) is 0 Å². The van der Waals surface area contributed by atoms with Gasteiger partial charge in [0.25, 0.3) is 0 Å². The molecule has 4 nitrogen and oxygen atoms in total. The zero-order valence-electron chi connectivity index (χ0n) is 12.1. The number of aryl methyl sites for hydroxylation is 1. The molecule has 5 heteroatoms. The van der Waals surface area contributed by atoms with E-state index in [0.29, 0.717) is 0 Å². The molecule has 0 amide bonds. The first-order valence-electron chi connectivity index (χ1n) is 7.10. The van der Waals surface area contributed by atoms with Gasteiger partial charge in [-0.2, -0.15) is 5.10 Å². The normalized spacial score (nSPS) is 11.5. The van der Waals surface area contributed by atoms with Crippen molar-refractivity contribution in [2.75, 3.05) is 5.73 Å². The summed E-state index contributed by atoms with van der Waals surface area (Å²) in [7, 11) is 0. The van der Waals surface area contributed by atoms with Crippen molar-refractivity contribution in [1.29, 1.82) is 0 Å². The third kappa shape index (κ3) is 2.04. The molecule has 0 aliphatic heterocycles. The van der Waals surface area contributed by atoms with E-state index in [0.717, 1.165) is 39.6 Å². The van der Waals surface area contributed by atoms with Crippen molar-refractivity contribution >= 4 is 34.0 Å². The minimum absolute atomic E-state index is 0.746. The number of nitrogens with zero attached hydrogens (tertiary/aromatic N) is 3. The van der Waals surface area contributed by atoms with Gasteiger partial charge in [0.15, 0.2) is 0 Å². The first-order valence-corrected chi connectivity index (χ1v) is 7.48. The lowest BCUT2D eigenvalue weighted by atomic mass is 10.2. The van der Waals surface area contributed by atoms with Crippen LogP contribution in [0.25, 0.3) is 16.7 Å². The smallest absolute Gasteiger partial charge is 0.137 e. The highest BCUT2D eigenvalue weighted by molar-refractivity contribution is 6.30. The van der Waals surface area contributed by atoms with Crippen LogP contribution < -0.4 is 5.73 Å². The Kier molecular flexibility index (Phi) is 2.87. The van der Waals surface area contributed by atoms with E-state index in [1.54, 1.807) is 0 Å². The van der Waals surface area contributed by atoms with E-state index in [2.05, 4.69) is 15.7 Å². The number of hydrogen-bond donors (Lipinski definition) is 1. The SMILES string of the molecule is Cc1cc2n(Cc3ccc(Cl)cc3)c3cc(N)ccc3n2n1. The van der Waals surface area contributed by atoms with Crippen LogP contribution in [0.2, 0.25) is 5.02 Å². The molecule has 0 unspecified atom stereocenters. The zero-order chi connectivity index (χ0) is 15.3. The topological polar surface area (TPSA) is 48.2 Å². The predicted molar refractivity (Wildman–Crippen MR) is 90.4 cm³/mol. The maximum absolute atomic E-state index is 5.97. The molecule has 4 rings (SSSR count). The van der Waals surface area contributed by atoms with Gasteiger partial charge in [0.05, 0.1) is 16.7 Å². The Hall–Kier alpha value is -2.46. The van der Waals surface area contributed by atoms with Gasteiger partial charge in [0, 0.05) is 23.3 Å². The molecule has 2 aromatic heterocycles. The number of hydrogen-bond acceptors (Lipinski definition) is 2. The number of fused-ring (bicyclic) bond motifs is 3. The van der Waals surface area contributed by atoms with Crippen molar-refractivity contribution in [3.8, 4) is 0 Å². The van der Waals surface area contributed by atoms with E-state index in [4.69, 9.17) is 17.3 Å². The predicted octanol–water partition coefficient (Wildman–Crippen LogP) is 3.88. The maximum Gasteiger partial charge on any atom is 0.137 e. The fraction of sp³-hybridized carbons (Fsp3) is 0.118. The van der Waals surface area contributed by atoms with E-state index < -0.39 is 0 Å². The quantitative estimate of drug-likeness (QED) is 0.571. The third-order valence-corrected chi connectivity index (χ3v) is 4.11. The average Bonchev–Trinajstić information content (AvgIpc) is 2.98. The number of aromatic nitrogens is 3. The maximum atomic E-state index is 5.97. The first kappa shape index (κ1) is 13.2. The minimum atomic E-state index is 0.746. The average molecular weight is 311 g/mol. The van der Waals surface area contributed by atoms with Crippen LogP contribution >= 0.6 is 11.6 Å². The summed E-state index contributed by atoms with van der Waals surface area (Å²) in [6, 6.07) is 15.9. The van der Waals surface area contributed by atoms with E-state index in [-0.39, 0.29) is 0 Å². The van der Waals surface area contributed by atoms with E-state index >= 15 is 0 Å². The Morgan fingerprint density at radius 3 is 2.59 bits per heavy atom. The number of benzene rings is 2. The highest BCUT2D eigenvalue weighted by Crippen LogP contribution is 2.25. The molecule has 0 bridgehead atoms. The first-order chi connectivity index (χ1) is 10.6. The molecule has 0 aliphatic carbocycles. The fourth-order valence-corrected chi connectivity index (χ4v) is 2.98. The van der Waals surface area contributed by atoms with Crippen LogP contribution in [0.15, 0.2) is 48.5 Å². The van der Waals surface area contributed by atoms with Gasteiger partial charge in [0.1, 0.15) is 5.65 Å². The van der Waals surface area contributed by atoms with Gasteiger partial charge >= 0.3 is 0 Å². The molecule has 0 radical (unpaired) electrons. The number of halogens is 1. The van der Waals surface area contributed by atoms with Crippen molar-refractivity contribution in [2.24, 2.45) is 0 Å². The molecule has 0 spiro atoms. The number of nitrogens with two attached hydrogens (primary N) is 1. The van der Waals surface area contributed by atoms with E-state index in [1.807, 2.05) is 53.9 Å². The molecular formula is C17H15ClN4. The number of rotatable bonds is 2. The second-order valence-electron chi connectivity index (χ2n) is 5.52. The van der Waals surface area contributed by atoms with Crippen LogP contribution in [0.1, 0.15) is 11.3 Å². The highest BCUT2D eigenvalue weighted by atomic mass is 35.5. The minimum Gasteiger partial charge on any atom is -0.399 e. The Bertz CT molecular complexity index is 979. The van der Waals surface area contributed by atoms with Crippen LogP contribution in [0.5, 0.6) is 0 Å². The monoisotopic (exact) mass is 310 g/mol. The molecule has 0 aliphatic rings. The number of anilines is 1. The highest BCUT2D eigenvalue weighted by Gasteiger charge is 2.13. The Balaban J connectivity index is 1.96. The summed E-state index contributed by atoms with van der Waals surface area (Å²) >= 11 is 5.97. The van der Waals surface area contributed by atoms with Crippen molar-refractivity contribution in [3.63, 3.8) is 0 Å². The molecule has 0 saturated carbocycles. The molecule has 22 heavy (non-hydrogen) atoms. The van der Waals surface area contributed by atoms with Crippen molar-refractivity contribution in [1.82, 2.24) is 14.2 Å². The fourth-order valence-electron chi connectivity index (χ4n) is 2.85. The summed E-state index contributed by atoms with van der Waals surface area (Å²) in [6.45, 7) is 2.75. The molecule has 2 aromatic carbocycles. The van der Waals surface area contributed by atoms with Crippen LogP contribution in [0, 0.1) is 6.92 Å². The van der Waals surface area contributed by atoms with Gasteiger partial charge in [-0.3, -0.25) is 0 Å². The Morgan fingerprint density at radius 2 is 1.82 bits per heavy atom. The largest absolute Gasteiger partial charge is 0.399 e. The van der Waals surface area contributed by atoms with Gasteiger partial charge in [-0.15, -0.1) is 0 Å². The van der Waals surface area contributed by atoms with Crippen molar-refractivity contribution in [2.45, 2.75) is 13.5 Å². The van der Waals surface area contributed by atoms with E-state index in [1.165, 1.54) is 5.56 Å². The Morgan fingerprint density at radius 1 is 1.05 bits per heavy atom. The van der Waals surface area contributed by atoms with Gasteiger partial charge in [-0.25, -0.2) is 4.52 Å². The van der Waals surface area contributed by atoms with Gasteiger partial charge in [-0.1, -0.05) is 23.7 Å². The second-order valence-corrected chi connectivity index (χ2v) is 5.95. The van der Waals surface area contributed by atoms with Crippen LogP contribution in [0.3, 0.4) is 0 Å². The number of imidazole rings is 1. The Labute approximate surface area is 132 Å². The lowest BCUT2D eigenvalue weighted by Gasteiger charge is -2.06. The molecule has 0 atom stereocenters. The number of nitrogen functional groups attached to an aromatic ring is 1. The van der Waals surface area contributed by atoms with Gasteiger partial charge < -0.3 is 10.3 Å². The van der Waals surface area contributed by atoms with Crippen LogP contribution in [-0.4, -0.2) is 14.2 Å². The molecule has 110 valence electrons.